The molecular formula is C14H20N4OS. The third kappa shape index (κ3) is 2.85. The Bertz CT molecular complexity index is 574. The van der Waals surface area contributed by atoms with Gasteiger partial charge in [-0.1, -0.05) is 13.0 Å². The predicted molar refractivity (Wildman–Crippen MR) is 81.7 cm³/mol. The lowest BCUT2D eigenvalue weighted by molar-refractivity contribution is 0.0687. The van der Waals surface area contributed by atoms with Crippen LogP contribution in [0.4, 0.5) is 5.69 Å². The highest BCUT2D eigenvalue weighted by Gasteiger charge is 2.24. The van der Waals surface area contributed by atoms with Gasteiger partial charge in [0, 0.05) is 10.9 Å². The summed E-state index contributed by atoms with van der Waals surface area (Å²) in [6, 6.07) is 4.10. The highest BCUT2D eigenvalue weighted by molar-refractivity contribution is 7.09. The summed E-state index contributed by atoms with van der Waals surface area (Å²) in [6.07, 6.45) is 0.735. The smallest absolute Gasteiger partial charge is 0.277 e. The summed E-state index contributed by atoms with van der Waals surface area (Å²) in [5.74, 6) is -0.123. The van der Waals surface area contributed by atoms with Crippen molar-refractivity contribution in [1.82, 2.24) is 15.1 Å². The lowest BCUT2D eigenvalue weighted by Crippen LogP contribution is -2.36. The van der Waals surface area contributed by atoms with E-state index in [0.29, 0.717) is 17.9 Å². The fourth-order valence-electron chi connectivity index (χ4n) is 2.01. The van der Waals surface area contributed by atoms with Crippen LogP contribution in [0.25, 0.3) is 0 Å². The first-order chi connectivity index (χ1) is 9.54. The zero-order valence-corrected chi connectivity index (χ0v) is 12.8. The van der Waals surface area contributed by atoms with Crippen molar-refractivity contribution >= 4 is 22.9 Å². The molecule has 0 saturated heterocycles. The van der Waals surface area contributed by atoms with Crippen molar-refractivity contribution in [2.24, 2.45) is 0 Å². The number of thiophene rings is 1. The molecule has 0 spiro atoms. The second kappa shape index (κ2) is 6.09. The third-order valence-electron chi connectivity index (χ3n) is 3.23. The molecule has 0 unspecified atom stereocenters. The number of anilines is 1. The van der Waals surface area contributed by atoms with E-state index < -0.39 is 0 Å². The summed E-state index contributed by atoms with van der Waals surface area (Å²) >= 11 is 1.64. The number of hydrogen-bond acceptors (Lipinski definition) is 4. The average molecular weight is 292 g/mol. The molecule has 0 aromatic carbocycles. The molecule has 3 N–H and O–H groups in total. The summed E-state index contributed by atoms with van der Waals surface area (Å²) in [4.78, 5) is 15.6. The van der Waals surface area contributed by atoms with E-state index >= 15 is 0 Å². The molecule has 108 valence electrons. The van der Waals surface area contributed by atoms with Crippen LogP contribution in [0, 0.1) is 0 Å². The molecule has 0 atom stereocenters. The number of nitrogen functional groups attached to an aromatic ring is 1. The Morgan fingerprint density at radius 1 is 1.55 bits per heavy atom. The van der Waals surface area contributed by atoms with E-state index in [1.807, 2.05) is 38.3 Å². The Kier molecular flexibility index (Phi) is 4.44. The number of amides is 1. The Morgan fingerprint density at radius 3 is 2.80 bits per heavy atom. The minimum Gasteiger partial charge on any atom is -0.395 e. The second-order valence-electron chi connectivity index (χ2n) is 4.92. The maximum Gasteiger partial charge on any atom is 0.277 e. The highest BCUT2D eigenvalue weighted by Crippen LogP contribution is 2.20. The summed E-state index contributed by atoms with van der Waals surface area (Å²) in [5.41, 5.74) is 7.59. The first kappa shape index (κ1) is 14.6. The van der Waals surface area contributed by atoms with Gasteiger partial charge in [-0.25, -0.2) is 0 Å². The van der Waals surface area contributed by atoms with Crippen molar-refractivity contribution in [3.63, 3.8) is 0 Å². The minimum absolute atomic E-state index is 0.0887. The molecule has 2 heterocycles. The van der Waals surface area contributed by atoms with E-state index in [0.717, 1.165) is 17.0 Å². The molecule has 0 fully saturated rings. The summed E-state index contributed by atoms with van der Waals surface area (Å²) < 4.78 is 0. The Morgan fingerprint density at radius 2 is 2.30 bits per heavy atom. The second-order valence-corrected chi connectivity index (χ2v) is 5.96. The third-order valence-corrected chi connectivity index (χ3v) is 4.09. The number of nitrogens with zero attached hydrogens (tertiary/aromatic N) is 2. The Hall–Kier alpha value is -1.82. The van der Waals surface area contributed by atoms with Gasteiger partial charge >= 0.3 is 0 Å². The fraction of sp³-hybridized carbons (Fsp3) is 0.429. The summed E-state index contributed by atoms with van der Waals surface area (Å²) in [7, 11) is 0. The van der Waals surface area contributed by atoms with Gasteiger partial charge < -0.3 is 10.6 Å². The van der Waals surface area contributed by atoms with Gasteiger partial charge in [-0.2, -0.15) is 5.10 Å². The molecule has 2 aromatic heterocycles. The van der Waals surface area contributed by atoms with Crippen LogP contribution >= 0.6 is 11.3 Å². The molecule has 0 radical (unpaired) electrons. The number of aryl methyl sites for hydroxylation is 1. The molecule has 2 aromatic rings. The SMILES string of the molecule is CCc1[nH]nc(C(=O)N(Cc2cccs2)C(C)C)c1N. The van der Waals surface area contributed by atoms with Crippen molar-refractivity contribution in [2.75, 3.05) is 5.73 Å². The van der Waals surface area contributed by atoms with Gasteiger partial charge in [-0.05, 0) is 31.7 Å². The van der Waals surface area contributed by atoms with E-state index in [2.05, 4.69) is 10.2 Å². The van der Waals surface area contributed by atoms with Crippen molar-refractivity contribution in [1.29, 1.82) is 0 Å². The quantitative estimate of drug-likeness (QED) is 0.889. The van der Waals surface area contributed by atoms with Crippen LogP contribution in [-0.2, 0) is 13.0 Å². The number of carbonyl (C=O) groups is 1. The minimum atomic E-state index is -0.123. The van der Waals surface area contributed by atoms with Crippen LogP contribution < -0.4 is 5.73 Å². The maximum absolute atomic E-state index is 12.6. The average Bonchev–Trinajstić information content (AvgIpc) is 3.04. The molecule has 20 heavy (non-hydrogen) atoms. The first-order valence-electron chi connectivity index (χ1n) is 6.70. The van der Waals surface area contributed by atoms with Gasteiger partial charge in [0.15, 0.2) is 5.69 Å². The number of rotatable bonds is 5. The number of H-pyrrole nitrogens is 1. The summed E-state index contributed by atoms with van der Waals surface area (Å²) in [6.45, 7) is 6.55. The van der Waals surface area contributed by atoms with Crippen molar-refractivity contribution in [2.45, 2.75) is 39.8 Å². The van der Waals surface area contributed by atoms with Gasteiger partial charge in [0.25, 0.3) is 5.91 Å². The molecule has 1 amide bonds. The van der Waals surface area contributed by atoms with E-state index in [1.165, 1.54) is 0 Å². The normalized spacial score (nSPS) is 11.0. The molecular weight excluding hydrogens is 272 g/mol. The van der Waals surface area contributed by atoms with Gasteiger partial charge in [-0.15, -0.1) is 11.3 Å². The Balaban J connectivity index is 2.24. The number of nitrogens with two attached hydrogens (primary N) is 1. The first-order valence-corrected chi connectivity index (χ1v) is 7.58. The van der Waals surface area contributed by atoms with Crippen molar-refractivity contribution in [3.05, 3.63) is 33.8 Å². The van der Waals surface area contributed by atoms with Gasteiger partial charge in [-0.3, -0.25) is 9.89 Å². The summed E-state index contributed by atoms with van der Waals surface area (Å²) in [5, 5.41) is 8.93. The molecule has 0 bridgehead atoms. The van der Waals surface area contributed by atoms with E-state index in [-0.39, 0.29) is 11.9 Å². The van der Waals surface area contributed by atoms with Crippen molar-refractivity contribution in [3.8, 4) is 0 Å². The van der Waals surface area contributed by atoms with Gasteiger partial charge in [0.1, 0.15) is 0 Å². The molecule has 0 aliphatic heterocycles. The predicted octanol–water partition coefficient (Wildman–Crippen LogP) is 2.67. The number of aromatic nitrogens is 2. The van der Waals surface area contributed by atoms with Crippen LogP contribution in [0.15, 0.2) is 17.5 Å². The molecule has 0 aliphatic carbocycles. The van der Waals surface area contributed by atoms with Gasteiger partial charge in [0.2, 0.25) is 0 Å². The van der Waals surface area contributed by atoms with E-state index in [9.17, 15) is 4.79 Å². The molecule has 2 rings (SSSR count). The fourth-order valence-corrected chi connectivity index (χ4v) is 2.72. The van der Waals surface area contributed by atoms with E-state index in [1.54, 1.807) is 16.2 Å². The molecule has 5 nitrogen and oxygen atoms in total. The lowest BCUT2D eigenvalue weighted by atomic mass is 10.2. The van der Waals surface area contributed by atoms with E-state index in [4.69, 9.17) is 5.73 Å². The molecule has 0 aliphatic rings. The molecule has 0 saturated carbocycles. The van der Waals surface area contributed by atoms with Crippen LogP contribution in [-0.4, -0.2) is 27.0 Å². The Labute approximate surface area is 122 Å². The van der Waals surface area contributed by atoms with Crippen LogP contribution in [0.2, 0.25) is 0 Å². The topological polar surface area (TPSA) is 75.0 Å². The van der Waals surface area contributed by atoms with Crippen LogP contribution in [0.5, 0.6) is 0 Å². The highest BCUT2D eigenvalue weighted by atomic mass is 32.1. The number of aromatic amines is 1. The van der Waals surface area contributed by atoms with Crippen molar-refractivity contribution < 1.29 is 4.79 Å². The number of nitrogens with one attached hydrogen (secondary N) is 1. The zero-order chi connectivity index (χ0) is 14.7. The molecule has 6 heteroatoms. The van der Waals surface area contributed by atoms with Gasteiger partial charge in [0.05, 0.1) is 17.9 Å². The maximum atomic E-state index is 12.6. The largest absolute Gasteiger partial charge is 0.395 e. The zero-order valence-electron chi connectivity index (χ0n) is 12.0. The van der Waals surface area contributed by atoms with Crippen LogP contribution in [0.3, 0.4) is 0 Å². The number of carbonyl (C=O) groups excluding carboxylic acids is 1. The monoisotopic (exact) mass is 292 g/mol. The standard InChI is InChI=1S/C14H20N4OS/c1-4-11-12(15)13(17-16-11)14(19)18(9(2)3)8-10-6-5-7-20-10/h5-7,9H,4,8,15H2,1-3H3,(H,16,17). The van der Waals surface area contributed by atoms with Crippen LogP contribution in [0.1, 0.15) is 41.8 Å². The lowest BCUT2D eigenvalue weighted by Gasteiger charge is -2.25. The number of hydrogen-bond donors (Lipinski definition) is 2.